The number of carboxylic acids is 1. The van der Waals surface area contributed by atoms with E-state index >= 15 is 0 Å². The van der Waals surface area contributed by atoms with Gasteiger partial charge < -0.3 is 15.7 Å². The topological polar surface area (TPSA) is 108 Å². The van der Waals surface area contributed by atoms with E-state index in [-0.39, 0.29) is 11.8 Å². The summed E-state index contributed by atoms with van der Waals surface area (Å²) in [5, 5.41) is 15.4. The number of aromatic nitrogens is 1. The molecule has 9 heteroatoms. The molecule has 3 unspecified atom stereocenters. The number of aryl methyl sites for hydroxylation is 2. The number of rotatable bonds is 8. The molecule has 1 aromatic heterocycles. The number of aliphatic carboxylic acids is 1. The number of hydrogen-bond donors (Lipinski definition) is 3. The highest BCUT2D eigenvalue weighted by Crippen LogP contribution is 2.32. The Morgan fingerprint density at radius 2 is 1.73 bits per heavy atom. The molecule has 2 aromatic carbocycles. The molecule has 7 nitrogen and oxygen atoms in total. The molecule has 1 heterocycles. The number of nitrogens with zero attached hydrogens (tertiary/aromatic N) is 1. The molecule has 0 fully saturated rings. The van der Waals surface area contributed by atoms with Crippen molar-refractivity contribution in [3.8, 4) is 11.3 Å². The number of thioether (sulfide) groups is 1. The number of carbonyl (C=O) groups excluding carboxylic acids is 2. The zero-order valence-corrected chi connectivity index (χ0v) is 22.5. The van der Waals surface area contributed by atoms with Crippen molar-refractivity contribution in [2.45, 2.75) is 43.8 Å². The van der Waals surface area contributed by atoms with Crippen LogP contribution in [0.4, 0.5) is 10.8 Å². The van der Waals surface area contributed by atoms with Crippen LogP contribution in [0.1, 0.15) is 30.2 Å². The van der Waals surface area contributed by atoms with Gasteiger partial charge in [0.15, 0.2) is 5.13 Å². The first-order chi connectivity index (χ1) is 17.7. The zero-order valence-electron chi connectivity index (χ0n) is 20.9. The van der Waals surface area contributed by atoms with Gasteiger partial charge in [0.2, 0.25) is 11.8 Å². The smallest absolute Gasteiger partial charge is 0.307 e. The molecule has 4 rings (SSSR count). The highest BCUT2D eigenvalue weighted by molar-refractivity contribution is 8.00. The molecule has 3 N–H and O–H groups in total. The SMILES string of the molecule is Cc1ccc(-c2nc(NC(=O)C(C)Sc3cccc(NC(=O)C4CC=CCC4C(=O)O)c3)sc2C)cc1. The minimum atomic E-state index is -0.963. The number of amides is 2. The first-order valence-corrected chi connectivity index (χ1v) is 13.7. The van der Waals surface area contributed by atoms with E-state index in [0.717, 1.165) is 21.0 Å². The minimum absolute atomic E-state index is 0.165. The van der Waals surface area contributed by atoms with E-state index in [1.807, 2.05) is 63.3 Å². The number of carbonyl (C=O) groups is 3. The van der Waals surface area contributed by atoms with E-state index in [1.54, 1.807) is 18.2 Å². The Bertz CT molecular complexity index is 1330. The van der Waals surface area contributed by atoms with Gasteiger partial charge >= 0.3 is 5.97 Å². The van der Waals surface area contributed by atoms with Crippen molar-refractivity contribution in [2.24, 2.45) is 11.8 Å². The second-order valence-corrected chi connectivity index (χ2v) is 11.7. The van der Waals surface area contributed by atoms with Gasteiger partial charge in [0, 0.05) is 21.0 Å². The molecule has 0 radical (unpaired) electrons. The maximum absolute atomic E-state index is 12.9. The van der Waals surface area contributed by atoms with E-state index < -0.39 is 23.1 Å². The van der Waals surface area contributed by atoms with Crippen molar-refractivity contribution in [1.29, 1.82) is 0 Å². The molecule has 3 atom stereocenters. The molecule has 0 saturated heterocycles. The highest BCUT2D eigenvalue weighted by atomic mass is 32.2. The Balaban J connectivity index is 1.37. The number of anilines is 2. The molecule has 0 saturated carbocycles. The molecular formula is C28H29N3O4S2. The third-order valence-electron chi connectivity index (χ3n) is 6.22. The molecule has 37 heavy (non-hydrogen) atoms. The van der Waals surface area contributed by atoms with Gasteiger partial charge in [-0.15, -0.1) is 23.1 Å². The molecule has 0 spiro atoms. The van der Waals surface area contributed by atoms with Gasteiger partial charge in [-0.1, -0.05) is 48.0 Å². The molecule has 0 bridgehead atoms. The summed E-state index contributed by atoms with van der Waals surface area (Å²) >= 11 is 2.81. The largest absolute Gasteiger partial charge is 0.481 e. The summed E-state index contributed by atoms with van der Waals surface area (Å²) in [5.74, 6) is -2.78. The average molecular weight is 536 g/mol. The summed E-state index contributed by atoms with van der Waals surface area (Å²) in [6.07, 6.45) is 4.41. The van der Waals surface area contributed by atoms with Gasteiger partial charge in [0.05, 0.1) is 22.8 Å². The van der Waals surface area contributed by atoms with Gasteiger partial charge in [-0.2, -0.15) is 0 Å². The van der Waals surface area contributed by atoms with Gasteiger partial charge in [-0.05, 0) is 51.8 Å². The fourth-order valence-corrected chi connectivity index (χ4v) is 5.92. The Morgan fingerprint density at radius 3 is 2.43 bits per heavy atom. The molecule has 3 aromatic rings. The summed E-state index contributed by atoms with van der Waals surface area (Å²) in [7, 11) is 0. The molecule has 2 amide bonds. The third kappa shape index (κ3) is 6.67. The summed E-state index contributed by atoms with van der Waals surface area (Å²) in [4.78, 5) is 43.7. The number of nitrogens with one attached hydrogen (secondary N) is 2. The van der Waals surface area contributed by atoms with Crippen molar-refractivity contribution < 1.29 is 19.5 Å². The summed E-state index contributed by atoms with van der Waals surface area (Å²) in [5.41, 5.74) is 3.62. The first kappa shape index (κ1) is 26.6. The monoisotopic (exact) mass is 535 g/mol. The minimum Gasteiger partial charge on any atom is -0.481 e. The van der Waals surface area contributed by atoms with Crippen molar-refractivity contribution in [3.63, 3.8) is 0 Å². The molecule has 0 aliphatic heterocycles. The lowest BCUT2D eigenvalue weighted by atomic mass is 9.82. The second kappa shape index (κ2) is 11.7. The van der Waals surface area contributed by atoms with Crippen LogP contribution in [0.15, 0.2) is 65.6 Å². The van der Waals surface area contributed by atoms with Crippen LogP contribution in [0.3, 0.4) is 0 Å². The van der Waals surface area contributed by atoms with E-state index in [0.29, 0.717) is 23.7 Å². The Hall–Kier alpha value is -3.43. The first-order valence-electron chi connectivity index (χ1n) is 12.0. The lowest BCUT2D eigenvalue weighted by Crippen LogP contribution is -2.34. The van der Waals surface area contributed by atoms with Crippen molar-refractivity contribution >= 4 is 51.7 Å². The Labute approximate surface area is 224 Å². The van der Waals surface area contributed by atoms with Crippen LogP contribution >= 0.6 is 23.1 Å². The standard InChI is InChI=1S/C28H29N3O4S2/c1-16-11-13-19(14-12-16)24-17(2)37-28(30-24)31-25(32)18(3)36-21-8-6-7-20(15-21)29-26(33)22-9-4-5-10-23(22)27(34)35/h4-8,11-15,18,22-23H,9-10H2,1-3H3,(H,29,33)(H,34,35)(H,30,31,32). The van der Waals surface area contributed by atoms with Crippen LogP contribution in [-0.4, -0.2) is 33.1 Å². The van der Waals surface area contributed by atoms with Crippen molar-refractivity contribution in [1.82, 2.24) is 4.98 Å². The Morgan fingerprint density at radius 1 is 1.03 bits per heavy atom. The van der Waals surface area contributed by atoms with Crippen LogP contribution in [0.5, 0.6) is 0 Å². The molecule has 192 valence electrons. The lowest BCUT2D eigenvalue weighted by Gasteiger charge is -2.24. The van der Waals surface area contributed by atoms with Gasteiger partial charge in [0.1, 0.15) is 0 Å². The number of benzene rings is 2. The maximum Gasteiger partial charge on any atom is 0.307 e. The molecule has 1 aliphatic carbocycles. The second-order valence-electron chi connectivity index (χ2n) is 9.05. The van der Waals surface area contributed by atoms with Crippen LogP contribution in [0.2, 0.25) is 0 Å². The number of hydrogen-bond acceptors (Lipinski definition) is 6. The van der Waals surface area contributed by atoms with Crippen LogP contribution in [0, 0.1) is 25.7 Å². The van der Waals surface area contributed by atoms with Crippen molar-refractivity contribution in [3.05, 3.63) is 71.1 Å². The highest BCUT2D eigenvalue weighted by Gasteiger charge is 2.34. The van der Waals surface area contributed by atoms with Crippen LogP contribution < -0.4 is 10.6 Å². The van der Waals surface area contributed by atoms with Crippen molar-refractivity contribution in [2.75, 3.05) is 10.6 Å². The predicted octanol–water partition coefficient (Wildman–Crippen LogP) is 6.15. The lowest BCUT2D eigenvalue weighted by molar-refractivity contribution is -0.146. The zero-order chi connectivity index (χ0) is 26.5. The number of allylic oxidation sites excluding steroid dienone is 2. The molecular weight excluding hydrogens is 506 g/mol. The summed E-state index contributed by atoms with van der Waals surface area (Å²) in [6, 6.07) is 15.4. The van der Waals surface area contributed by atoms with Crippen LogP contribution in [-0.2, 0) is 14.4 Å². The molecule has 1 aliphatic rings. The van der Waals surface area contributed by atoms with E-state index in [9.17, 15) is 19.5 Å². The van der Waals surface area contributed by atoms with Gasteiger partial charge in [-0.3, -0.25) is 14.4 Å². The normalized spacial score (nSPS) is 17.7. The Kier molecular flexibility index (Phi) is 8.45. The van der Waals surface area contributed by atoms with Gasteiger partial charge in [0.25, 0.3) is 0 Å². The number of thiazole rings is 1. The van der Waals surface area contributed by atoms with E-state index in [4.69, 9.17) is 0 Å². The van der Waals surface area contributed by atoms with Gasteiger partial charge in [-0.25, -0.2) is 4.98 Å². The summed E-state index contributed by atoms with van der Waals surface area (Å²) in [6.45, 7) is 5.84. The maximum atomic E-state index is 12.9. The fraction of sp³-hybridized carbons (Fsp3) is 0.286. The fourth-order valence-electron chi connectivity index (χ4n) is 4.15. The average Bonchev–Trinajstić information content (AvgIpc) is 3.24. The number of carboxylic acid groups (broad SMARTS) is 1. The van der Waals surface area contributed by atoms with Crippen LogP contribution in [0.25, 0.3) is 11.3 Å². The predicted molar refractivity (Wildman–Crippen MR) is 149 cm³/mol. The summed E-state index contributed by atoms with van der Waals surface area (Å²) < 4.78 is 0. The van der Waals surface area contributed by atoms with E-state index in [2.05, 4.69) is 15.6 Å². The van der Waals surface area contributed by atoms with E-state index in [1.165, 1.54) is 28.7 Å². The quantitative estimate of drug-likeness (QED) is 0.236. The third-order valence-corrected chi connectivity index (χ3v) is 8.20.